The number of rotatable bonds is 1. The van der Waals surface area contributed by atoms with Crippen molar-refractivity contribution in [2.75, 3.05) is 6.61 Å². The molecule has 2 aromatic rings. The fourth-order valence-corrected chi connectivity index (χ4v) is 3.74. The third-order valence-electron chi connectivity index (χ3n) is 4.83. The van der Waals surface area contributed by atoms with Crippen LogP contribution in [0.5, 0.6) is 0 Å². The molecule has 0 bridgehead atoms. The van der Waals surface area contributed by atoms with E-state index in [2.05, 4.69) is 30.3 Å². The highest BCUT2D eigenvalue weighted by Gasteiger charge is 2.57. The monoisotopic (exact) mass is 326 g/mol. The Bertz CT molecular complexity index is 779. The average Bonchev–Trinajstić information content (AvgIpc) is 3.05. The van der Waals surface area contributed by atoms with Gasteiger partial charge in [-0.15, -0.1) is 0 Å². The molecule has 0 saturated carbocycles. The molecule has 0 radical (unpaired) electrons. The summed E-state index contributed by atoms with van der Waals surface area (Å²) >= 11 is 0. The third kappa shape index (κ3) is 2.38. The lowest BCUT2D eigenvalue weighted by atomic mass is 9.76. The topological polar surface area (TPSA) is 46.2 Å². The molecule has 4 atom stereocenters. The van der Waals surface area contributed by atoms with Gasteiger partial charge >= 0.3 is 7.12 Å². The van der Waals surface area contributed by atoms with Gasteiger partial charge < -0.3 is 23.5 Å². The van der Waals surface area contributed by atoms with Crippen molar-refractivity contribution in [1.82, 2.24) is 0 Å². The summed E-state index contributed by atoms with van der Waals surface area (Å²) in [4.78, 5) is 0. The second-order valence-electron chi connectivity index (χ2n) is 7.02. The Morgan fingerprint density at radius 3 is 2.71 bits per heavy atom. The zero-order chi connectivity index (χ0) is 16.3. The molecule has 0 spiro atoms. The van der Waals surface area contributed by atoms with Gasteiger partial charge in [0.2, 0.25) is 0 Å². The van der Waals surface area contributed by atoms with Crippen molar-refractivity contribution in [3.63, 3.8) is 0 Å². The highest BCUT2D eigenvalue weighted by molar-refractivity contribution is 6.61. The average molecular weight is 326 g/mol. The summed E-state index contributed by atoms with van der Waals surface area (Å²) in [5, 5.41) is 2.37. The number of hydrogen-bond acceptors (Lipinski definition) is 5. The number of fused-ring (bicyclic) bond motifs is 4. The van der Waals surface area contributed by atoms with Crippen LogP contribution in [0, 0.1) is 0 Å². The molecule has 3 fully saturated rings. The lowest BCUT2D eigenvalue weighted by molar-refractivity contribution is -0.221. The Balaban J connectivity index is 1.40. The molecule has 0 aliphatic carbocycles. The quantitative estimate of drug-likeness (QED) is 0.748. The van der Waals surface area contributed by atoms with Gasteiger partial charge in [-0.1, -0.05) is 42.5 Å². The predicted molar refractivity (Wildman–Crippen MR) is 88.9 cm³/mol. The SMILES string of the molecule is CC1(C)O[C@H]2O[C@@H]3COB(c4ccc5ccccc5c4)O[C@@H]3[C@H]2O1. The van der Waals surface area contributed by atoms with Gasteiger partial charge in [-0.05, 0) is 30.1 Å². The summed E-state index contributed by atoms with van der Waals surface area (Å²) in [6.45, 7) is 4.26. The summed E-state index contributed by atoms with van der Waals surface area (Å²) < 4.78 is 29.7. The van der Waals surface area contributed by atoms with Crippen LogP contribution in [0.1, 0.15) is 13.8 Å². The summed E-state index contributed by atoms with van der Waals surface area (Å²) in [7, 11) is -0.412. The fourth-order valence-electron chi connectivity index (χ4n) is 3.74. The maximum atomic E-state index is 6.20. The first-order valence-corrected chi connectivity index (χ1v) is 8.36. The van der Waals surface area contributed by atoms with Crippen molar-refractivity contribution in [3.8, 4) is 0 Å². The van der Waals surface area contributed by atoms with Crippen LogP contribution in [-0.2, 0) is 23.5 Å². The van der Waals surface area contributed by atoms with E-state index >= 15 is 0 Å². The van der Waals surface area contributed by atoms with E-state index < -0.39 is 12.9 Å². The normalized spacial score (nSPS) is 34.3. The molecular formula is C18H19BO5. The second kappa shape index (κ2) is 5.28. The van der Waals surface area contributed by atoms with E-state index in [9.17, 15) is 0 Å². The first kappa shape index (κ1) is 14.9. The Kier molecular flexibility index (Phi) is 3.27. The molecular weight excluding hydrogens is 307 g/mol. The first-order chi connectivity index (χ1) is 11.6. The minimum absolute atomic E-state index is 0.146. The number of benzene rings is 2. The summed E-state index contributed by atoms with van der Waals surface area (Å²) in [6.07, 6.45) is -0.916. The molecule has 5 nitrogen and oxygen atoms in total. The molecule has 3 heterocycles. The number of ether oxygens (including phenoxy) is 3. The van der Waals surface area contributed by atoms with Gasteiger partial charge in [0.1, 0.15) is 18.3 Å². The molecule has 24 heavy (non-hydrogen) atoms. The zero-order valence-electron chi connectivity index (χ0n) is 13.7. The van der Waals surface area contributed by atoms with Crippen molar-refractivity contribution in [2.45, 2.75) is 44.2 Å². The highest BCUT2D eigenvalue weighted by Crippen LogP contribution is 2.40. The lowest BCUT2D eigenvalue weighted by Crippen LogP contribution is -2.53. The third-order valence-corrected chi connectivity index (χ3v) is 4.83. The van der Waals surface area contributed by atoms with Crippen molar-refractivity contribution >= 4 is 23.4 Å². The molecule has 3 aliphatic heterocycles. The molecule has 3 saturated heterocycles. The first-order valence-electron chi connectivity index (χ1n) is 8.36. The Morgan fingerprint density at radius 2 is 1.83 bits per heavy atom. The van der Waals surface area contributed by atoms with Crippen molar-refractivity contribution in [2.24, 2.45) is 0 Å². The van der Waals surface area contributed by atoms with Gasteiger partial charge in [0.15, 0.2) is 12.1 Å². The Hall–Kier alpha value is -1.44. The Labute approximate surface area is 140 Å². The predicted octanol–water partition coefficient (Wildman–Crippen LogP) is 1.83. The van der Waals surface area contributed by atoms with Gasteiger partial charge in [-0.3, -0.25) is 0 Å². The second-order valence-corrected chi connectivity index (χ2v) is 7.02. The van der Waals surface area contributed by atoms with Crippen molar-refractivity contribution in [3.05, 3.63) is 42.5 Å². The fraction of sp³-hybridized carbons (Fsp3) is 0.444. The molecule has 2 aromatic carbocycles. The highest BCUT2D eigenvalue weighted by atomic mass is 16.8. The smallest absolute Gasteiger partial charge is 0.404 e. The summed E-state index contributed by atoms with van der Waals surface area (Å²) in [6, 6.07) is 14.5. The van der Waals surface area contributed by atoms with E-state index in [1.165, 1.54) is 10.8 Å². The molecule has 0 aromatic heterocycles. The molecule has 0 unspecified atom stereocenters. The van der Waals surface area contributed by atoms with Crippen LogP contribution in [0.3, 0.4) is 0 Å². The van der Waals surface area contributed by atoms with Crippen LogP contribution < -0.4 is 5.46 Å². The molecule has 0 amide bonds. The van der Waals surface area contributed by atoms with Crippen molar-refractivity contribution in [1.29, 1.82) is 0 Å². The van der Waals surface area contributed by atoms with E-state index in [0.717, 1.165) is 5.46 Å². The van der Waals surface area contributed by atoms with Gasteiger partial charge in [-0.25, -0.2) is 0 Å². The van der Waals surface area contributed by atoms with E-state index in [0.29, 0.717) is 6.61 Å². The Morgan fingerprint density at radius 1 is 1.00 bits per heavy atom. The van der Waals surface area contributed by atoms with Gasteiger partial charge in [0.05, 0.1) is 6.61 Å². The van der Waals surface area contributed by atoms with Gasteiger partial charge in [0, 0.05) is 0 Å². The van der Waals surface area contributed by atoms with Crippen molar-refractivity contribution < 1.29 is 23.5 Å². The molecule has 124 valence electrons. The largest absolute Gasteiger partial charge is 0.494 e. The van der Waals surface area contributed by atoms with Crippen LogP contribution in [0.15, 0.2) is 42.5 Å². The number of hydrogen-bond donors (Lipinski definition) is 0. The van der Waals surface area contributed by atoms with E-state index in [4.69, 9.17) is 23.5 Å². The standard InChI is InChI=1S/C18H19BO5/c1-18(2)22-16-15-14(21-17(16)23-18)10-20-19(24-15)13-8-7-11-5-3-4-6-12(11)9-13/h3-9,14-17H,10H2,1-2H3/t14-,15+,16-,17-/m1/s1. The maximum absolute atomic E-state index is 6.20. The van der Waals surface area contributed by atoms with Crippen LogP contribution in [-0.4, -0.2) is 44.1 Å². The molecule has 6 heteroatoms. The van der Waals surface area contributed by atoms with Gasteiger partial charge in [0.25, 0.3) is 0 Å². The molecule has 5 rings (SSSR count). The lowest BCUT2D eigenvalue weighted by Gasteiger charge is -2.32. The van der Waals surface area contributed by atoms with Crippen LogP contribution >= 0.6 is 0 Å². The van der Waals surface area contributed by atoms with Crippen LogP contribution in [0.25, 0.3) is 10.8 Å². The van der Waals surface area contributed by atoms with Crippen LogP contribution in [0.2, 0.25) is 0 Å². The molecule has 0 N–H and O–H groups in total. The zero-order valence-corrected chi connectivity index (χ0v) is 13.7. The molecule has 3 aliphatic rings. The van der Waals surface area contributed by atoms with Gasteiger partial charge in [-0.2, -0.15) is 0 Å². The summed E-state index contributed by atoms with van der Waals surface area (Å²) in [5.74, 6) is -0.638. The van der Waals surface area contributed by atoms with E-state index in [1.54, 1.807) is 0 Å². The minimum atomic E-state index is -0.638. The van der Waals surface area contributed by atoms with E-state index in [-0.39, 0.29) is 24.6 Å². The maximum Gasteiger partial charge on any atom is 0.494 e. The minimum Gasteiger partial charge on any atom is -0.404 e. The summed E-state index contributed by atoms with van der Waals surface area (Å²) in [5.41, 5.74) is 1.01. The van der Waals surface area contributed by atoms with Crippen LogP contribution in [0.4, 0.5) is 0 Å². The van der Waals surface area contributed by atoms with E-state index in [1.807, 2.05) is 26.0 Å².